The molecule has 2 heterocycles. The van der Waals surface area contributed by atoms with E-state index >= 15 is 0 Å². The Hall–Kier alpha value is -3.20. The molecule has 0 N–H and O–H groups in total. The monoisotopic (exact) mass is 380 g/mol. The average Bonchev–Trinajstić information content (AvgIpc) is 3.38. The average molecular weight is 380 g/mol. The zero-order valence-corrected chi connectivity index (χ0v) is 15.5. The lowest BCUT2D eigenvalue weighted by Crippen LogP contribution is -2.00. The molecule has 0 spiro atoms. The van der Waals surface area contributed by atoms with Crippen molar-refractivity contribution in [2.45, 2.75) is 17.3 Å². The first-order valence-electron chi connectivity index (χ1n) is 8.23. The summed E-state index contributed by atoms with van der Waals surface area (Å²) in [5.41, 5.74) is 1.72. The minimum Gasteiger partial charge on any atom is -0.497 e. The van der Waals surface area contributed by atoms with E-state index in [9.17, 15) is 0 Å². The number of tetrazole rings is 1. The van der Waals surface area contributed by atoms with Gasteiger partial charge in [0.2, 0.25) is 16.9 Å². The predicted molar refractivity (Wildman–Crippen MR) is 99.7 cm³/mol. The van der Waals surface area contributed by atoms with Gasteiger partial charge in [-0.05, 0) is 53.7 Å². The number of methoxy groups -OCH3 is 1. The predicted octanol–water partition coefficient (Wildman–Crippen LogP) is 3.57. The van der Waals surface area contributed by atoms with E-state index in [1.807, 2.05) is 61.5 Å². The van der Waals surface area contributed by atoms with Crippen molar-refractivity contribution < 1.29 is 9.15 Å². The van der Waals surface area contributed by atoms with Crippen LogP contribution >= 0.6 is 11.8 Å². The number of hydrogen-bond acceptors (Lipinski definition) is 8. The Balaban J connectivity index is 1.52. The zero-order valence-electron chi connectivity index (χ0n) is 14.7. The Labute approximate surface area is 159 Å². The smallest absolute Gasteiger partial charge is 0.247 e. The highest BCUT2D eigenvalue weighted by Crippen LogP contribution is 2.34. The Bertz CT molecular complexity index is 1020. The van der Waals surface area contributed by atoms with Gasteiger partial charge in [0.1, 0.15) is 5.75 Å². The number of nitrogens with zero attached hydrogens (tertiary/aromatic N) is 6. The molecule has 0 aliphatic heterocycles. The van der Waals surface area contributed by atoms with Crippen molar-refractivity contribution in [1.29, 1.82) is 0 Å². The van der Waals surface area contributed by atoms with Gasteiger partial charge in [0.05, 0.1) is 18.0 Å². The summed E-state index contributed by atoms with van der Waals surface area (Å²) in [6.07, 6.45) is 0. The van der Waals surface area contributed by atoms with Gasteiger partial charge in [0, 0.05) is 5.56 Å². The third-order valence-electron chi connectivity index (χ3n) is 3.85. The zero-order chi connectivity index (χ0) is 18.6. The van der Waals surface area contributed by atoms with Crippen molar-refractivity contribution in [2.24, 2.45) is 0 Å². The maximum atomic E-state index is 5.84. The summed E-state index contributed by atoms with van der Waals surface area (Å²) in [7, 11) is 1.63. The standard InChI is InChI=1S/C18H16N6O2S/c1-12(27-18-21-22-23-24(18)14-6-4-3-5-7-14)16-19-20-17(26-16)13-8-10-15(25-2)11-9-13/h3-12H,1-2H3/t12-/m0/s1. The summed E-state index contributed by atoms with van der Waals surface area (Å²) >= 11 is 1.45. The number of benzene rings is 2. The van der Waals surface area contributed by atoms with Crippen LogP contribution in [-0.4, -0.2) is 37.5 Å². The molecule has 1 atom stereocenters. The largest absolute Gasteiger partial charge is 0.497 e. The second kappa shape index (κ2) is 7.58. The Kier molecular flexibility index (Phi) is 4.84. The second-order valence-corrected chi connectivity index (χ2v) is 6.95. The molecule has 0 aliphatic rings. The molecule has 27 heavy (non-hydrogen) atoms. The van der Waals surface area contributed by atoms with Crippen LogP contribution in [0, 0.1) is 0 Å². The van der Waals surface area contributed by atoms with E-state index in [1.54, 1.807) is 11.8 Å². The van der Waals surface area contributed by atoms with Crippen LogP contribution in [-0.2, 0) is 0 Å². The minimum atomic E-state index is -0.113. The van der Waals surface area contributed by atoms with E-state index in [2.05, 4.69) is 25.7 Å². The highest BCUT2D eigenvalue weighted by Gasteiger charge is 2.20. The molecule has 4 rings (SSSR count). The number of ether oxygens (including phenoxy) is 1. The van der Waals surface area contributed by atoms with Gasteiger partial charge < -0.3 is 9.15 Å². The molecule has 0 radical (unpaired) electrons. The molecule has 0 saturated carbocycles. The number of thioether (sulfide) groups is 1. The summed E-state index contributed by atoms with van der Waals surface area (Å²) in [4.78, 5) is 0. The quantitative estimate of drug-likeness (QED) is 0.469. The highest BCUT2D eigenvalue weighted by molar-refractivity contribution is 7.99. The third kappa shape index (κ3) is 3.68. The van der Waals surface area contributed by atoms with Crippen LogP contribution in [0.2, 0.25) is 0 Å². The fourth-order valence-electron chi connectivity index (χ4n) is 2.44. The molecular formula is C18H16N6O2S. The molecule has 0 saturated heterocycles. The van der Waals surface area contributed by atoms with Crippen molar-refractivity contribution in [1.82, 2.24) is 30.4 Å². The van der Waals surface area contributed by atoms with Crippen LogP contribution in [0.1, 0.15) is 18.1 Å². The first-order chi connectivity index (χ1) is 13.2. The van der Waals surface area contributed by atoms with Gasteiger partial charge in [0.15, 0.2) is 0 Å². The van der Waals surface area contributed by atoms with Gasteiger partial charge in [-0.2, -0.15) is 4.68 Å². The van der Waals surface area contributed by atoms with Crippen LogP contribution in [0.25, 0.3) is 17.1 Å². The van der Waals surface area contributed by atoms with Crippen molar-refractivity contribution >= 4 is 11.8 Å². The highest BCUT2D eigenvalue weighted by atomic mass is 32.2. The van der Waals surface area contributed by atoms with E-state index in [0.29, 0.717) is 16.9 Å². The summed E-state index contributed by atoms with van der Waals surface area (Å²) in [6.45, 7) is 1.97. The topological polar surface area (TPSA) is 91.8 Å². The molecule has 0 unspecified atom stereocenters. The Morgan fingerprint density at radius 2 is 1.78 bits per heavy atom. The fraction of sp³-hybridized carbons (Fsp3) is 0.167. The van der Waals surface area contributed by atoms with E-state index < -0.39 is 0 Å². The van der Waals surface area contributed by atoms with Crippen molar-refractivity contribution in [3.05, 3.63) is 60.5 Å². The fourth-order valence-corrected chi connectivity index (χ4v) is 3.28. The minimum absolute atomic E-state index is 0.113. The van der Waals surface area contributed by atoms with E-state index in [0.717, 1.165) is 17.0 Å². The van der Waals surface area contributed by atoms with Gasteiger partial charge >= 0.3 is 0 Å². The lowest BCUT2D eigenvalue weighted by Gasteiger charge is -2.07. The molecule has 2 aromatic carbocycles. The maximum Gasteiger partial charge on any atom is 0.247 e. The number of aromatic nitrogens is 6. The molecular weight excluding hydrogens is 364 g/mol. The lowest BCUT2D eigenvalue weighted by atomic mass is 10.2. The van der Waals surface area contributed by atoms with E-state index in [-0.39, 0.29) is 5.25 Å². The van der Waals surface area contributed by atoms with Crippen LogP contribution < -0.4 is 4.74 Å². The summed E-state index contributed by atoms with van der Waals surface area (Å²) in [5, 5.41) is 20.8. The van der Waals surface area contributed by atoms with Crippen LogP contribution in [0.15, 0.2) is 64.2 Å². The van der Waals surface area contributed by atoms with Gasteiger partial charge in [0.25, 0.3) is 0 Å². The van der Waals surface area contributed by atoms with Gasteiger partial charge in [-0.1, -0.05) is 30.0 Å². The SMILES string of the molecule is COc1ccc(-c2nnc([C@H](C)Sc3nnnn3-c3ccccc3)o2)cc1. The van der Waals surface area contributed by atoms with E-state index in [4.69, 9.17) is 9.15 Å². The molecule has 8 nitrogen and oxygen atoms in total. The van der Waals surface area contributed by atoms with Crippen LogP contribution in [0.4, 0.5) is 0 Å². The second-order valence-electron chi connectivity index (χ2n) is 5.64. The summed E-state index contributed by atoms with van der Waals surface area (Å²) in [5.74, 6) is 1.74. The molecule has 2 aromatic heterocycles. The van der Waals surface area contributed by atoms with Gasteiger partial charge in [-0.25, -0.2) is 0 Å². The van der Waals surface area contributed by atoms with Gasteiger partial charge in [-0.15, -0.1) is 15.3 Å². The Morgan fingerprint density at radius 3 is 2.52 bits per heavy atom. The van der Waals surface area contributed by atoms with Crippen molar-refractivity contribution in [3.63, 3.8) is 0 Å². The molecule has 0 amide bonds. The molecule has 0 fully saturated rings. The Morgan fingerprint density at radius 1 is 1.00 bits per heavy atom. The van der Waals surface area contributed by atoms with Crippen molar-refractivity contribution in [2.75, 3.05) is 7.11 Å². The first kappa shape index (κ1) is 17.2. The van der Waals surface area contributed by atoms with Crippen LogP contribution in [0.5, 0.6) is 5.75 Å². The molecule has 136 valence electrons. The van der Waals surface area contributed by atoms with Gasteiger partial charge in [-0.3, -0.25) is 0 Å². The number of para-hydroxylation sites is 1. The number of rotatable bonds is 6. The first-order valence-corrected chi connectivity index (χ1v) is 9.11. The normalized spacial score (nSPS) is 12.1. The summed E-state index contributed by atoms with van der Waals surface area (Å²) < 4.78 is 12.7. The lowest BCUT2D eigenvalue weighted by molar-refractivity contribution is 0.415. The summed E-state index contributed by atoms with van der Waals surface area (Å²) in [6, 6.07) is 17.2. The van der Waals surface area contributed by atoms with Crippen LogP contribution in [0.3, 0.4) is 0 Å². The molecule has 9 heteroatoms. The maximum absolute atomic E-state index is 5.84. The van der Waals surface area contributed by atoms with Crippen molar-refractivity contribution in [3.8, 4) is 22.9 Å². The number of hydrogen-bond donors (Lipinski definition) is 0. The molecule has 0 aliphatic carbocycles. The molecule has 4 aromatic rings. The molecule has 0 bridgehead atoms. The van der Waals surface area contributed by atoms with E-state index in [1.165, 1.54) is 11.8 Å². The third-order valence-corrected chi connectivity index (χ3v) is 4.87.